The van der Waals surface area contributed by atoms with Gasteiger partial charge >= 0.3 is 0 Å². The fraction of sp³-hybridized carbons (Fsp3) is 0.250. The van der Waals surface area contributed by atoms with Crippen LogP contribution in [0.15, 0.2) is 71.5 Å². The zero-order valence-electron chi connectivity index (χ0n) is 17.7. The number of ether oxygens (including phenoxy) is 2. The van der Waals surface area contributed by atoms with Gasteiger partial charge in [-0.15, -0.1) is 0 Å². The molecule has 0 saturated carbocycles. The summed E-state index contributed by atoms with van der Waals surface area (Å²) in [7, 11) is 0. The van der Waals surface area contributed by atoms with Gasteiger partial charge in [-0.05, 0) is 67.4 Å². The lowest BCUT2D eigenvalue weighted by atomic mass is 10.1. The van der Waals surface area contributed by atoms with E-state index in [2.05, 4.69) is 21.5 Å². The Balaban J connectivity index is 1.50. The first-order chi connectivity index (χ1) is 15.2. The van der Waals surface area contributed by atoms with Crippen LogP contribution in [0, 0.1) is 0 Å². The molecule has 1 N–H and O–H groups in total. The van der Waals surface area contributed by atoms with Gasteiger partial charge in [-0.25, -0.2) is 9.67 Å². The van der Waals surface area contributed by atoms with Gasteiger partial charge in [-0.1, -0.05) is 6.07 Å². The quantitative estimate of drug-likeness (QED) is 0.374. The molecule has 0 aliphatic heterocycles. The van der Waals surface area contributed by atoms with Gasteiger partial charge in [0.05, 0.1) is 25.1 Å². The molecule has 160 valence electrons. The highest BCUT2D eigenvalue weighted by atomic mass is 16.5. The first kappa shape index (κ1) is 20.8. The number of benzene rings is 2. The molecule has 0 atom stereocenters. The van der Waals surface area contributed by atoms with E-state index in [1.54, 1.807) is 12.4 Å². The monoisotopic (exact) mass is 418 g/mol. The highest BCUT2D eigenvalue weighted by Gasteiger charge is 2.09. The Kier molecular flexibility index (Phi) is 6.76. The number of aromatic nitrogens is 3. The van der Waals surface area contributed by atoms with Gasteiger partial charge < -0.3 is 19.2 Å². The average Bonchev–Trinajstić information content (AvgIpc) is 3.49. The predicted molar refractivity (Wildman–Crippen MR) is 119 cm³/mol. The summed E-state index contributed by atoms with van der Waals surface area (Å²) in [6, 6.07) is 16.5. The van der Waals surface area contributed by atoms with Crippen LogP contribution in [-0.2, 0) is 22.7 Å². The molecule has 0 aliphatic carbocycles. The van der Waals surface area contributed by atoms with Crippen molar-refractivity contribution in [2.45, 2.75) is 27.1 Å². The first-order valence-electron chi connectivity index (χ1n) is 10.4. The van der Waals surface area contributed by atoms with Crippen LogP contribution in [-0.4, -0.2) is 28.0 Å². The van der Waals surface area contributed by atoms with Gasteiger partial charge in [-0.2, -0.15) is 5.10 Å². The van der Waals surface area contributed by atoms with E-state index < -0.39 is 0 Å². The Labute approximate surface area is 181 Å². The molecule has 7 nitrogen and oxygen atoms in total. The van der Waals surface area contributed by atoms with Crippen LogP contribution < -0.4 is 5.32 Å². The summed E-state index contributed by atoms with van der Waals surface area (Å²) in [4.78, 5) is 4.39. The Morgan fingerprint density at radius 1 is 0.968 bits per heavy atom. The molecule has 2 heterocycles. The molecule has 4 rings (SSSR count). The van der Waals surface area contributed by atoms with Crippen LogP contribution in [0.4, 0.5) is 11.7 Å². The van der Waals surface area contributed by atoms with Crippen LogP contribution in [0.5, 0.6) is 0 Å². The Morgan fingerprint density at radius 2 is 1.68 bits per heavy atom. The minimum absolute atomic E-state index is 0.432. The van der Waals surface area contributed by atoms with E-state index in [1.165, 1.54) is 0 Å². The number of nitrogens with zero attached hydrogens (tertiary/aromatic N) is 3. The van der Waals surface area contributed by atoms with Crippen LogP contribution >= 0.6 is 0 Å². The molecule has 7 heteroatoms. The number of hydrogen-bond donors (Lipinski definition) is 1. The summed E-state index contributed by atoms with van der Waals surface area (Å²) in [5.41, 5.74) is 4.96. The molecule has 0 amide bonds. The van der Waals surface area contributed by atoms with E-state index in [4.69, 9.17) is 13.9 Å². The molecule has 0 radical (unpaired) electrons. The van der Waals surface area contributed by atoms with Crippen LogP contribution in [0.2, 0.25) is 0 Å². The van der Waals surface area contributed by atoms with Gasteiger partial charge in [0.25, 0.3) is 6.01 Å². The summed E-state index contributed by atoms with van der Waals surface area (Å²) in [5.74, 6) is 0.689. The Bertz CT molecular complexity index is 1060. The number of hydrogen-bond acceptors (Lipinski definition) is 6. The van der Waals surface area contributed by atoms with Gasteiger partial charge in [0, 0.05) is 36.9 Å². The molecule has 0 bridgehead atoms. The van der Waals surface area contributed by atoms with E-state index in [0.29, 0.717) is 38.2 Å². The standard InChI is InChI=1S/C24H26N4O3/c1-3-29-16-18-12-19(17-30-4-2)14-21(13-18)27-24-25-15-23(31-24)20-6-8-22(9-7-20)28-11-5-10-26-28/h5-15H,3-4,16-17H2,1-2H3,(H,25,27). The maximum atomic E-state index is 5.94. The zero-order valence-corrected chi connectivity index (χ0v) is 17.7. The highest BCUT2D eigenvalue weighted by molar-refractivity contribution is 5.61. The van der Waals surface area contributed by atoms with Crippen molar-refractivity contribution < 1.29 is 13.9 Å². The van der Waals surface area contributed by atoms with Crippen LogP contribution in [0.3, 0.4) is 0 Å². The summed E-state index contributed by atoms with van der Waals surface area (Å²) in [6.07, 6.45) is 5.38. The molecule has 0 spiro atoms. The second-order valence-electron chi connectivity index (χ2n) is 6.96. The van der Waals surface area contributed by atoms with Crippen molar-refractivity contribution in [3.8, 4) is 17.0 Å². The van der Waals surface area contributed by atoms with Gasteiger partial charge in [0.1, 0.15) is 0 Å². The number of anilines is 2. The van der Waals surface area contributed by atoms with E-state index >= 15 is 0 Å². The average molecular weight is 418 g/mol. The maximum absolute atomic E-state index is 5.94. The minimum Gasteiger partial charge on any atom is -0.423 e. The molecule has 4 aromatic rings. The van der Waals surface area contributed by atoms with Crippen molar-refractivity contribution in [1.29, 1.82) is 0 Å². The van der Waals surface area contributed by atoms with E-state index in [-0.39, 0.29) is 0 Å². The minimum atomic E-state index is 0.432. The van der Waals surface area contributed by atoms with E-state index in [0.717, 1.165) is 28.1 Å². The highest BCUT2D eigenvalue weighted by Crippen LogP contribution is 2.26. The van der Waals surface area contributed by atoms with Crippen molar-refractivity contribution >= 4 is 11.7 Å². The molecule has 0 unspecified atom stereocenters. The molecular weight excluding hydrogens is 392 g/mol. The normalized spacial score (nSPS) is 11.0. The van der Waals surface area contributed by atoms with Gasteiger partial charge in [0.2, 0.25) is 0 Å². The SMILES string of the molecule is CCOCc1cc(COCC)cc(Nc2ncc(-c3ccc(-n4cccn4)cc3)o2)c1. The predicted octanol–water partition coefficient (Wildman–Crippen LogP) is 5.34. The molecular formula is C24H26N4O3. The second-order valence-corrected chi connectivity index (χ2v) is 6.96. The van der Waals surface area contributed by atoms with Crippen molar-refractivity contribution in [3.05, 3.63) is 78.2 Å². The molecule has 2 aromatic heterocycles. The smallest absolute Gasteiger partial charge is 0.299 e. The summed E-state index contributed by atoms with van der Waals surface area (Å²) >= 11 is 0. The maximum Gasteiger partial charge on any atom is 0.299 e. The fourth-order valence-electron chi connectivity index (χ4n) is 3.23. The van der Waals surface area contributed by atoms with Crippen molar-refractivity contribution in [2.24, 2.45) is 0 Å². The lowest BCUT2D eigenvalue weighted by Gasteiger charge is -2.10. The van der Waals surface area contributed by atoms with E-state index in [9.17, 15) is 0 Å². The van der Waals surface area contributed by atoms with E-state index in [1.807, 2.05) is 67.2 Å². The molecule has 2 aromatic carbocycles. The Morgan fingerprint density at radius 3 is 2.29 bits per heavy atom. The van der Waals surface area contributed by atoms with Crippen LogP contribution in [0.25, 0.3) is 17.0 Å². The van der Waals surface area contributed by atoms with Gasteiger partial charge in [-0.3, -0.25) is 0 Å². The molecule has 31 heavy (non-hydrogen) atoms. The summed E-state index contributed by atoms with van der Waals surface area (Å²) in [5, 5.41) is 7.50. The zero-order chi connectivity index (χ0) is 21.5. The second kappa shape index (κ2) is 10.1. The number of rotatable bonds is 10. The summed E-state index contributed by atoms with van der Waals surface area (Å²) in [6.45, 7) is 6.40. The molecule has 0 aliphatic rings. The number of oxazole rings is 1. The lowest BCUT2D eigenvalue weighted by Crippen LogP contribution is -1.99. The summed E-state index contributed by atoms with van der Waals surface area (Å²) < 4.78 is 18.9. The fourth-order valence-corrected chi connectivity index (χ4v) is 3.23. The first-order valence-corrected chi connectivity index (χ1v) is 10.4. The van der Waals surface area contributed by atoms with Crippen molar-refractivity contribution in [2.75, 3.05) is 18.5 Å². The molecule has 0 saturated heterocycles. The number of nitrogens with one attached hydrogen (secondary N) is 1. The lowest BCUT2D eigenvalue weighted by molar-refractivity contribution is 0.130. The van der Waals surface area contributed by atoms with Crippen molar-refractivity contribution in [1.82, 2.24) is 14.8 Å². The third kappa shape index (κ3) is 5.39. The topological polar surface area (TPSA) is 74.3 Å². The Hall–Kier alpha value is -3.42. The third-order valence-corrected chi connectivity index (χ3v) is 4.68. The van der Waals surface area contributed by atoms with Crippen LogP contribution in [0.1, 0.15) is 25.0 Å². The third-order valence-electron chi connectivity index (χ3n) is 4.68. The largest absolute Gasteiger partial charge is 0.423 e. The van der Waals surface area contributed by atoms with Gasteiger partial charge in [0.15, 0.2) is 5.76 Å². The molecule has 0 fully saturated rings. The van der Waals surface area contributed by atoms with Crippen molar-refractivity contribution in [3.63, 3.8) is 0 Å².